The van der Waals surface area contributed by atoms with Crippen molar-refractivity contribution < 1.29 is 17.9 Å². The normalized spacial score (nSPS) is 11.3. The molecule has 0 radical (unpaired) electrons. The van der Waals surface area contributed by atoms with Crippen LogP contribution in [0, 0.1) is 0 Å². The Hall–Kier alpha value is -2.39. The topological polar surface area (TPSA) is 88.1 Å². The van der Waals surface area contributed by atoms with Crippen LogP contribution in [0.25, 0.3) is 0 Å². The fraction of sp³-hybridized carbons (Fsp3) is 0.176. The van der Waals surface area contributed by atoms with Crippen LogP contribution in [-0.4, -0.2) is 40.4 Å². The van der Waals surface area contributed by atoms with Crippen molar-refractivity contribution in [1.82, 2.24) is 5.43 Å². The average Bonchev–Trinajstić information content (AvgIpc) is 2.59. The number of ether oxygens (including phenoxy) is 1. The maximum Gasteiger partial charge on any atom is 0.260 e. The second-order valence-corrected chi connectivity index (χ2v) is 8.11. The molecule has 1 N–H and O–H groups in total. The molecule has 138 valence electrons. The summed E-state index contributed by atoms with van der Waals surface area (Å²) in [6, 6.07) is 13.8. The number of nitrogens with zero attached hydrogens (tertiary/aromatic N) is 2. The van der Waals surface area contributed by atoms with Crippen molar-refractivity contribution in [1.29, 1.82) is 0 Å². The van der Waals surface area contributed by atoms with Crippen LogP contribution in [0.4, 0.5) is 5.69 Å². The monoisotopic (exact) mass is 439 g/mol. The van der Waals surface area contributed by atoms with E-state index in [1.54, 1.807) is 36.4 Å². The lowest BCUT2D eigenvalue weighted by atomic mass is 10.2. The molecule has 0 aliphatic heterocycles. The van der Waals surface area contributed by atoms with Crippen molar-refractivity contribution in [3.05, 3.63) is 58.6 Å². The van der Waals surface area contributed by atoms with E-state index in [-0.39, 0.29) is 0 Å². The number of methoxy groups -OCH3 is 1. The molecular formula is C17H18BrN3O4S. The average molecular weight is 440 g/mol. The summed E-state index contributed by atoms with van der Waals surface area (Å²) < 4.78 is 31.0. The first-order valence-electron chi connectivity index (χ1n) is 7.49. The molecule has 2 aromatic rings. The number of sulfonamides is 1. The summed E-state index contributed by atoms with van der Waals surface area (Å²) in [5, 5.41) is 3.86. The molecular weight excluding hydrogens is 422 g/mol. The van der Waals surface area contributed by atoms with Crippen LogP contribution in [0.2, 0.25) is 0 Å². The Morgan fingerprint density at radius 1 is 1.27 bits per heavy atom. The molecule has 0 heterocycles. The molecule has 2 aromatic carbocycles. The van der Waals surface area contributed by atoms with E-state index in [0.29, 0.717) is 21.5 Å². The van der Waals surface area contributed by atoms with Crippen LogP contribution < -0.4 is 14.5 Å². The molecule has 7 nitrogen and oxygen atoms in total. The largest absolute Gasteiger partial charge is 0.496 e. The summed E-state index contributed by atoms with van der Waals surface area (Å²) in [6.45, 7) is -0.390. The van der Waals surface area contributed by atoms with Gasteiger partial charge in [0.05, 0.1) is 25.3 Å². The molecule has 0 bridgehead atoms. The zero-order valence-corrected chi connectivity index (χ0v) is 16.6. The second kappa shape index (κ2) is 8.81. The minimum absolute atomic E-state index is 0.380. The van der Waals surface area contributed by atoms with E-state index in [4.69, 9.17) is 4.74 Å². The van der Waals surface area contributed by atoms with E-state index in [0.717, 1.165) is 10.6 Å². The Bertz CT molecular complexity index is 916. The number of benzene rings is 2. The number of nitrogens with one attached hydrogen (secondary N) is 1. The minimum Gasteiger partial charge on any atom is -0.496 e. The number of halogens is 1. The zero-order valence-electron chi connectivity index (χ0n) is 14.2. The first-order chi connectivity index (χ1) is 12.3. The summed E-state index contributed by atoms with van der Waals surface area (Å²) in [4.78, 5) is 12.1. The van der Waals surface area contributed by atoms with E-state index in [9.17, 15) is 13.2 Å². The fourth-order valence-corrected chi connectivity index (χ4v) is 3.38. The van der Waals surface area contributed by atoms with Gasteiger partial charge in [0.25, 0.3) is 5.91 Å². The Morgan fingerprint density at radius 3 is 2.65 bits per heavy atom. The van der Waals surface area contributed by atoms with E-state index in [2.05, 4.69) is 26.5 Å². The molecule has 0 aliphatic rings. The molecule has 0 fully saturated rings. The highest BCUT2D eigenvalue weighted by Gasteiger charge is 2.20. The third kappa shape index (κ3) is 5.57. The zero-order chi connectivity index (χ0) is 19.2. The van der Waals surface area contributed by atoms with Crippen LogP contribution >= 0.6 is 15.9 Å². The van der Waals surface area contributed by atoms with Gasteiger partial charge in [-0.3, -0.25) is 9.10 Å². The molecule has 0 atom stereocenters. The van der Waals surface area contributed by atoms with Crippen LogP contribution in [0.5, 0.6) is 5.75 Å². The molecule has 26 heavy (non-hydrogen) atoms. The van der Waals surface area contributed by atoms with Gasteiger partial charge in [-0.2, -0.15) is 5.10 Å². The minimum atomic E-state index is -3.64. The van der Waals surface area contributed by atoms with Gasteiger partial charge in [-0.25, -0.2) is 13.8 Å². The van der Waals surface area contributed by atoms with Gasteiger partial charge in [-0.15, -0.1) is 0 Å². The van der Waals surface area contributed by atoms with Crippen molar-refractivity contribution in [2.75, 3.05) is 24.2 Å². The van der Waals surface area contributed by atoms with Gasteiger partial charge in [0.2, 0.25) is 10.0 Å². The number of rotatable bonds is 7. The smallest absolute Gasteiger partial charge is 0.260 e. The summed E-state index contributed by atoms with van der Waals surface area (Å²) in [6.07, 6.45) is 2.47. The first kappa shape index (κ1) is 19.9. The summed E-state index contributed by atoms with van der Waals surface area (Å²) in [5.74, 6) is 0.0407. The number of carbonyl (C=O) groups is 1. The van der Waals surface area contributed by atoms with Crippen molar-refractivity contribution in [3.8, 4) is 5.75 Å². The molecule has 0 aliphatic carbocycles. The number of para-hydroxylation sites is 1. The van der Waals surface area contributed by atoms with E-state index in [1.165, 1.54) is 13.3 Å². The van der Waals surface area contributed by atoms with Crippen molar-refractivity contribution in [2.24, 2.45) is 5.10 Å². The molecule has 9 heteroatoms. The maximum absolute atomic E-state index is 12.1. The van der Waals surface area contributed by atoms with Gasteiger partial charge >= 0.3 is 0 Å². The lowest BCUT2D eigenvalue weighted by molar-refractivity contribution is -0.119. The van der Waals surface area contributed by atoms with Gasteiger partial charge < -0.3 is 4.74 Å². The van der Waals surface area contributed by atoms with E-state index in [1.807, 2.05) is 12.1 Å². The highest BCUT2D eigenvalue weighted by atomic mass is 79.9. The number of anilines is 1. The Morgan fingerprint density at radius 2 is 2.00 bits per heavy atom. The van der Waals surface area contributed by atoms with Crippen molar-refractivity contribution >= 4 is 43.8 Å². The fourth-order valence-electron chi connectivity index (χ4n) is 2.14. The Balaban J connectivity index is 2.09. The number of hydrazone groups is 1. The number of hydrogen-bond acceptors (Lipinski definition) is 5. The van der Waals surface area contributed by atoms with Gasteiger partial charge in [-0.1, -0.05) is 34.1 Å². The van der Waals surface area contributed by atoms with Crippen LogP contribution in [0.15, 0.2) is 58.1 Å². The molecule has 0 unspecified atom stereocenters. The molecule has 0 saturated carbocycles. The Labute approximate surface area is 160 Å². The van der Waals surface area contributed by atoms with E-state index < -0.39 is 22.5 Å². The van der Waals surface area contributed by atoms with Crippen molar-refractivity contribution in [3.63, 3.8) is 0 Å². The van der Waals surface area contributed by atoms with E-state index >= 15 is 0 Å². The third-order valence-electron chi connectivity index (χ3n) is 3.32. The predicted octanol–water partition coefficient (Wildman–Crippen LogP) is 2.37. The van der Waals surface area contributed by atoms with Crippen LogP contribution in [0.3, 0.4) is 0 Å². The van der Waals surface area contributed by atoms with Crippen molar-refractivity contribution in [2.45, 2.75) is 0 Å². The number of hydrogen-bond donors (Lipinski definition) is 1. The lowest BCUT2D eigenvalue weighted by Crippen LogP contribution is -2.39. The lowest BCUT2D eigenvalue weighted by Gasteiger charge is -2.21. The summed E-state index contributed by atoms with van der Waals surface area (Å²) in [7, 11) is -2.10. The summed E-state index contributed by atoms with van der Waals surface area (Å²) >= 11 is 3.29. The predicted molar refractivity (Wildman–Crippen MR) is 105 cm³/mol. The SMILES string of the molecule is COc1ccccc1/C=N/NC(=O)CN(c1cccc(Br)c1)S(C)(=O)=O. The molecule has 2 rings (SSSR count). The number of amides is 1. The molecule has 0 saturated heterocycles. The first-order valence-corrected chi connectivity index (χ1v) is 10.1. The van der Waals surface area contributed by atoms with Crippen LogP contribution in [0.1, 0.15) is 5.56 Å². The second-order valence-electron chi connectivity index (χ2n) is 5.28. The quantitative estimate of drug-likeness (QED) is 0.529. The Kier molecular flexibility index (Phi) is 6.76. The maximum atomic E-state index is 12.1. The molecule has 0 spiro atoms. The standard InChI is InChI=1S/C17H18BrN3O4S/c1-25-16-9-4-3-6-13(16)11-19-20-17(22)12-21(26(2,23)24)15-8-5-7-14(18)10-15/h3-11H,12H2,1-2H3,(H,20,22)/b19-11+. The number of carbonyl (C=O) groups excluding carboxylic acids is 1. The van der Waals surface area contributed by atoms with Gasteiger partial charge in [-0.05, 0) is 30.3 Å². The summed E-state index contributed by atoms with van der Waals surface area (Å²) in [5.41, 5.74) is 3.39. The highest BCUT2D eigenvalue weighted by molar-refractivity contribution is 9.10. The molecule has 0 aromatic heterocycles. The third-order valence-corrected chi connectivity index (χ3v) is 4.95. The van der Waals surface area contributed by atoms with Gasteiger partial charge in [0, 0.05) is 10.0 Å². The van der Waals surface area contributed by atoms with Gasteiger partial charge in [0.15, 0.2) is 0 Å². The van der Waals surface area contributed by atoms with Crippen LogP contribution in [-0.2, 0) is 14.8 Å². The van der Waals surface area contributed by atoms with Gasteiger partial charge in [0.1, 0.15) is 12.3 Å². The highest BCUT2D eigenvalue weighted by Crippen LogP contribution is 2.21. The molecule has 1 amide bonds.